The Labute approximate surface area is 167 Å². The number of rotatable bonds is 3. The van der Waals surface area contributed by atoms with Gasteiger partial charge in [0.25, 0.3) is 5.91 Å². The maximum atomic E-state index is 13.2. The predicted molar refractivity (Wildman–Crippen MR) is 108 cm³/mol. The van der Waals surface area contributed by atoms with Crippen LogP contribution >= 0.6 is 15.9 Å². The van der Waals surface area contributed by atoms with Crippen LogP contribution in [0.3, 0.4) is 0 Å². The van der Waals surface area contributed by atoms with E-state index in [4.69, 9.17) is 0 Å². The van der Waals surface area contributed by atoms with Gasteiger partial charge in [-0.3, -0.25) is 9.59 Å². The fourth-order valence-corrected chi connectivity index (χ4v) is 4.45. The van der Waals surface area contributed by atoms with Gasteiger partial charge in [0.05, 0.1) is 19.1 Å². The number of fused-ring (bicyclic) bond motifs is 1. The molecule has 2 aliphatic heterocycles. The Morgan fingerprint density at radius 1 is 1.15 bits per heavy atom. The fraction of sp³-hybridized carbons (Fsp3) is 0.333. The van der Waals surface area contributed by atoms with E-state index in [0.29, 0.717) is 6.54 Å². The second-order valence-corrected chi connectivity index (χ2v) is 8.16. The lowest BCUT2D eigenvalue weighted by Gasteiger charge is -2.31. The summed E-state index contributed by atoms with van der Waals surface area (Å²) in [6.07, 6.45) is 2.34. The molecule has 2 aromatic rings. The molecule has 2 amide bonds. The summed E-state index contributed by atoms with van der Waals surface area (Å²) in [4.78, 5) is 28.8. The summed E-state index contributed by atoms with van der Waals surface area (Å²) in [5.41, 5.74) is 2.71. The van der Waals surface area contributed by atoms with E-state index in [1.165, 1.54) is 17.7 Å². The zero-order chi connectivity index (χ0) is 18.8. The third-order valence-corrected chi connectivity index (χ3v) is 5.85. The van der Waals surface area contributed by atoms with Crippen molar-refractivity contribution in [1.82, 2.24) is 4.90 Å². The van der Waals surface area contributed by atoms with Gasteiger partial charge in [0.1, 0.15) is 6.54 Å². The van der Waals surface area contributed by atoms with Crippen molar-refractivity contribution in [2.75, 3.05) is 31.5 Å². The Morgan fingerprint density at radius 3 is 2.63 bits per heavy atom. The highest BCUT2D eigenvalue weighted by Gasteiger charge is 2.35. The van der Waals surface area contributed by atoms with Crippen molar-refractivity contribution in [3.8, 4) is 0 Å². The Hall–Kier alpha value is -2.18. The Kier molecular flexibility index (Phi) is 5.27. The van der Waals surface area contributed by atoms with E-state index in [9.17, 15) is 9.59 Å². The number of nitrogens with one attached hydrogen (secondary N) is 2. The second-order valence-electron chi connectivity index (χ2n) is 7.25. The maximum Gasteiger partial charge on any atom is 0.279 e. The number of likely N-dealkylation sites (tertiary alicyclic amines) is 1. The molecule has 2 aliphatic rings. The molecule has 5 nitrogen and oxygen atoms in total. The highest BCUT2D eigenvalue weighted by atomic mass is 79.9. The average Bonchev–Trinajstić information content (AvgIpc) is 3.12. The largest absolute Gasteiger partial charge is 0.327 e. The van der Waals surface area contributed by atoms with Crippen LogP contribution in [0.1, 0.15) is 30.0 Å². The topological polar surface area (TPSA) is 53.9 Å². The van der Waals surface area contributed by atoms with Gasteiger partial charge in [-0.05, 0) is 23.8 Å². The highest BCUT2D eigenvalue weighted by Crippen LogP contribution is 2.37. The molecule has 140 valence electrons. The first-order valence-corrected chi connectivity index (χ1v) is 10.2. The number of hydrogen-bond acceptors (Lipinski definition) is 2. The summed E-state index contributed by atoms with van der Waals surface area (Å²) in [5.74, 6) is -0.120. The molecule has 0 saturated carbocycles. The number of hydrogen-bond donors (Lipinski definition) is 2. The molecule has 0 radical (unpaired) electrons. The molecule has 2 heterocycles. The van der Waals surface area contributed by atoms with E-state index in [2.05, 4.69) is 21.2 Å². The Bertz CT molecular complexity index is 850. The van der Waals surface area contributed by atoms with Crippen LogP contribution in [-0.4, -0.2) is 42.9 Å². The van der Waals surface area contributed by atoms with Gasteiger partial charge in [0, 0.05) is 28.6 Å². The quantitative estimate of drug-likeness (QED) is 0.785. The Morgan fingerprint density at radius 2 is 1.89 bits per heavy atom. The molecule has 4 rings (SSSR count). The van der Waals surface area contributed by atoms with Crippen LogP contribution in [0.2, 0.25) is 0 Å². The van der Waals surface area contributed by atoms with E-state index >= 15 is 0 Å². The van der Waals surface area contributed by atoms with Crippen molar-refractivity contribution in [2.45, 2.75) is 18.9 Å². The number of carbonyl (C=O) groups is 2. The first-order chi connectivity index (χ1) is 13.1. The zero-order valence-corrected chi connectivity index (χ0v) is 16.7. The molecule has 0 aliphatic carbocycles. The molecule has 0 spiro atoms. The van der Waals surface area contributed by atoms with Crippen LogP contribution in [0.4, 0.5) is 5.69 Å². The minimum absolute atomic E-state index is 0.0312. The number of quaternary nitrogens is 1. The zero-order valence-electron chi connectivity index (χ0n) is 15.1. The van der Waals surface area contributed by atoms with Gasteiger partial charge >= 0.3 is 0 Å². The van der Waals surface area contributed by atoms with Crippen molar-refractivity contribution >= 4 is 33.4 Å². The third-order valence-electron chi connectivity index (χ3n) is 5.36. The summed E-state index contributed by atoms with van der Waals surface area (Å²) in [6, 6.07) is 15.5. The lowest BCUT2D eigenvalue weighted by Crippen LogP contribution is -3.11. The van der Waals surface area contributed by atoms with Gasteiger partial charge in [-0.15, -0.1) is 0 Å². The van der Waals surface area contributed by atoms with Crippen LogP contribution in [0.5, 0.6) is 0 Å². The van der Waals surface area contributed by atoms with Gasteiger partial charge in [0.15, 0.2) is 6.54 Å². The number of amides is 2. The fourth-order valence-electron chi connectivity index (χ4n) is 4.07. The number of carbonyl (C=O) groups excluding carboxylic acids is 2. The van der Waals surface area contributed by atoms with Crippen molar-refractivity contribution in [3.05, 3.63) is 64.1 Å². The third kappa shape index (κ3) is 3.92. The molecule has 2 N–H and O–H groups in total. The number of anilines is 1. The van der Waals surface area contributed by atoms with Crippen LogP contribution in [0, 0.1) is 0 Å². The summed E-state index contributed by atoms with van der Waals surface area (Å²) >= 11 is 3.54. The number of nitrogens with zero attached hydrogens (tertiary/aromatic N) is 1. The smallest absolute Gasteiger partial charge is 0.279 e. The molecule has 1 saturated heterocycles. The maximum absolute atomic E-state index is 13.2. The normalized spacial score (nSPS) is 20.1. The van der Waals surface area contributed by atoms with Gasteiger partial charge in [0.2, 0.25) is 5.91 Å². The SMILES string of the molecule is O=C1CN(C(=O)C[NH+]2CCCC2)[C@@H](c2ccccc2)c2cc(Br)ccc2N1. The van der Waals surface area contributed by atoms with Crippen LogP contribution in [-0.2, 0) is 9.59 Å². The summed E-state index contributed by atoms with van der Waals surface area (Å²) in [5, 5.41) is 2.97. The summed E-state index contributed by atoms with van der Waals surface area (Å²) in [6.45, 7) is 2.58. The Balaban J connectivity index is 1.77. The van der Waals surface area contributed by atoms with E-state index in [1.54, 1.807) is 4.90 Å². The molecule has 0 unspecified atom stereocenters. The molecular formula is C21H23BrN3O2+. The second kappa shape index (κ2) is 7.82. The summed E-state index contributed by atoms with van der Waals surface area (Å²) < 4.78 is 0.927. The molecule has 1 fully saturated rings. The minimum Gasteiger partial charge on any atom is -0.327 e. The van der Waals surface area contributed by atoms with E-state index in [1.807, 2.05) is 48.5 Å². The van der Waals surface area contributed by atoms with Gasteiger partial charge < -0.3 is 15.1 Å². The molecule has 27 heavy (non-hydrogen) atoms. The van der Waals surface area contributed by atoms with Gasteiger partial charge in [-0.25, -0.2) is 0 Å². The lowest BCUT2D eigenvalue weighted by molar-refractivity contribution is -0.879. The van der Waals surface area contributed by atoms with Crippen LogP contribution < -0.4 is 10.2 Å². The first-order valence-electron chi connectivity index (χ1n) is 9.39. The first kappa shape index (κ1) is 18.2. The minimum atomic E-state index is -0.285. The molecule has 0 aromatic heterocycles. The molecule has 2 aromatic carbocycles. The molecule has 1 atom stereocenters. The molecular weight excluding hydrogens is 406 g/mol. The van der Waals surface area contributed by atoms with Crippen molar-refractivity contribution in [2.24, 2.45) is 0 Å². The van der Waals surface area contributed by atoms with Gasteiger partial charge in [-0.1, -0.05) is 46.3 Å². The summed E-state index contributed by atoms with van der Waals surface area (Å²) in [7, 11) is 0. The standard InChI is InChI=1S/C21H22BrN3O2/c22-16-8-9-18-17(12-16)21(15-6-2-1-3-7-15)25(13-19(26)23-18)20(27)14-24-10-4-5-11-24/h1-3,6-9,12,21H,4-5,10-11,13-14H2,(H,23,26)/p+1/t21-/m0/s1. The lowest BCUT2D eigenvalue weighted by atomic mass is 9.96. The number of halogens is 1. The van der Waals surface area contributed by atoms with Crippen molar-refractivity contribution < 1.29 is 14.5 Å². The monoisotopic (exact) mass is 428 g/mol. The highest BCUT2D eigenvalue weighted by molar-refractivity contribution is 9.10. The van der Waals surface area contributed by atoms with E-state index < -0.39 is 0 Å². The van der Waals surface area contributed by atoms with Crippen LogP contribution in [0.25, 0.3) is 0 Å². The van der Waals surface area contributed by atoms with E-state index in [0.717, 1.165) is 34.4 Å². The van der Waals surface area contributed by atoms with E-state index in [-0.39, 0.29) is 24.4 Å². The van der Waals surface area contributed by atoms with Crippen LogP contribution in [0.15, 0.2) is 53.0 Å². The molecule has 0 bridgehead atoms. The number of benzene rings is 2. The van der Waals surface area contributed by atoms with Crippen molar-refractivity contribution in [3.63, 3.8) is 0 Å². The average molecular weight is 429 g/mol. The molecule has 6 heteroatoms. The van der Waals surface area contributed by atoms with Gasteiger partial charge in [-0.2, -0.15) is 0 Å². The van der Waals surface area contributed by atoms with Crippen molar-refractivity contribution in [1.29, 1.82) is 0 Å². The predicted octanol–water partition coefficient (Wildman–Crippen LogP) is 2.00.